The number of nitrogens with zero attached hydrogens (tertiary/aromatic N) is 3. The minimum Gasteiger partial charge on any atom is -0.497 e. The summed E-state index contributed by atoms with van der Waals surface area (Å²) in [6.07, 6.45) is 0. The third kappa shape index (κ3) is 4.07. The van der Waals surface area contributed by atoms with Crippen molar-refractivity contribution >= 4 is 16.9 Å². The lowest BCUT2D eigenvalue weighted by atomic mass is 10.1. The summed E-state index contributed by atoms with van der Waals surface area (Å²) in [7, 11) is 1.60. The number of ether oxygens (including phenoxy) is 1. The predicted octanol–water partition coefficient (Wildman–Crippen LogP) is 3.13. The lowest BCUT2D eigenvalue weighted by Gasteiger charge is -2.13. The van der Waals surface area contributed by atoms with Crippen molar-refractivity contribution in [2.75, 3.05) is 7.11 Å². The van der Waals surface area contributed by atoms with E-state index in [-0.39, 0.29) is 18.0 Å². The molecule has 0 bridgehead atoms. The number of benzene rings is 2. The van der Waals surface area contributed by atoms with E-state index in [9.17, 15) is 9.59 Å². The van der Waals surface area contributed by atoms with E-state index in [0.29, 0.717) is 12.2 Å². The van der Waals surface area contributed by atoms with Gasteiger partial charge in [-0.1, -0.05) is 30.3 Å². The molecule has 0 saturated heterocycles. The third-order valence-electron chi connectivity index (χ3n) is 5.22. The highest BCUT2D eigenvalue weighted by Crippen LogP contribution is 2.23. The van der Waals surface area contributed by atoms with Crippen LogP contribution in [0.15, 0.2) is 65.5 Å². The molecular weight excluding hydrogens is 392 g/mol. The number of nitrogens with one attached hydrogen (secondary N) is 1. The highest BCUT2D eigenvalue weighted by Gasteiger charge is 2.18. The van der Waals surface area contributed by atoms with Crippen LogP contribution in [0.4, 0.5) is 0 Å². The van der Waals surface area contributed by atoms with E-state index in [1.54, 1.807) is 17.9 Å². The van der Waals surface area contributed by atoms with Crippen LogP contribution in [0.25, 0.3) is 16.7 Å². The number of hydrogen-bond acceptors (Lipinski definition) is 4. The molecule has 0 aliphatic carbocycles. The summed E-state index contributed by atoms with van der Waals surface area (Å²) < 4.78 is 8.44. The van der Waals surface area contributed by atoms with Crippen LogP contribution in [0.2, 0.25) is 0 Å². The van der Waals surface area contributed by atoms with Crippen molar-refractivity contribution in [2.24, 2.45) is 0 Å². The minimum atomic E-state index is -0.256. The second kappa shape index (κ2) is 8.47. The van der Waals surface area contributed by atoms with Crippen LogP contribution in [0.3, 0.4) is 0 Å². The molecule has 31 heavy (non-hydrogen) atoms. The van der Waals surface area contributed by atoms with Crippen LogP contribution in [0.5, 0.6) is 5.75 Å². The number of methoxy groups -OCH3 is 1. The number of fused-ring (bicyclic) bond motifs is 1. The third-order valence-corrected chi connectivity index (χ3v) is 5.22. The predicted molar refractivity (Wildman–Crippen MR) is 120 cm³/mol. The van der Waals surface area contributed by atoms with Gasteiger partial charge in [0.2, 0.25) is 5.91 Å². The Hall–Kier alpha value is -3.87. The summed E-state index contributed by atoms with van der Waals surface area (Å²) in [5.41, 5.74) is 3.77. The number of amides is 1. The first-order valence-corrected chi connectivity index (χ1v) is 10.0. The van der Waals surface area contributed by atoms with Crippen molar-refractivity contribution in [1.82, 2.24) is 19.7 Å². The summed E-state index contributed by atoms with van der Waals surface area (Å²) >= 11 is 0. The SMILES string of the molecule is COc1cccc(CNC(=O)Cn2c(=O)cc(C)c3c(C)nn(-c4ccccc4)c32)c1. The maximum atomic E-state index is 12.9. The first kappa shape index (κ1) is 20.4. The van der Waals surface area contributed by atoms with Gasteiger partial charge in [0.05, 0.1) is 18.5 Å². The molecule has 0 radical (unpaired) electrons. The topological polar surface area (TPSA) is 78.2 Å². The Labute approximate surface area is 179 Å². The summed E-state index contributed by atoms with van der Waals surface area (Å²) in [5.74, 6) is 0.471. The Kier molecular flexibility index (Phi) is 5.58. The smallest absolute Gasteiger partial charge is 0.252 e. The van der Waals surface area contributed by atoms with Gasteiger partial charge in [-0.05, 0) is 49.2 Å². The van der Waals surface area contributed by atoms with Gasteiger partial charge in [-0.15, -0.1) is 0 Å². The summed E-state index contributed by atoms with van der Waals surface area (Å²) in [4.78, 5) is 25.6. The first-order chi connectivity index (χ1) is 15.0. The second-order valence-electron chi connectivity index (χ2n) is 7.41. The Morgan fingerprint density at radius 2 is 1.84 bits per heavy atom. The quantitative estimate of drug-likeness (QED) is 0.524. The second-order valence-corrected chi connectivity index (χ2v) is 7.41. The fraction of sp³-hybridized carbons (Fsp3) is 0.208. The van der Waals surface area contributed by atoms with Gasteiger partial charge < -0.3 is 10.1 Å². The van der Waals surface area contributed by atoms with E-state index in [4.69, 9.17) is 4.74 Å². The maximum Gasteiger partial charge on any atom is 0.252 e. The molecule has 0 aliphatic heterocycles. The molecule has 4 aromatic rings. The molecule has 0 atom stereocenters. The van der Waals surface area contributed by atoms with Crippen molar-refractivity contribution in [3.05, 3.63) is 87.8 Å². The number of pyridine rings is 1. The van der Waals surface area contributed by atoms with Gasteiger partial charge in [-0.2, -0.15) is 5.10 Å². The number of aryl methyl sites for hydroxylation is 2. The molecule has 7 nitrogen and oxygen atoms in total. The van der Waals surface area contributed by atoms with Gasteiger partial charge in [0.25, 0.3) is 5.56 Å². The van der Waals surface area contributed by atoms with Gasteiger partial charge in [-0.25, -0.2) is 4.68 Å². The monoisotopic (exact) mass is 416 g/mol. The number of carbonyl (C=O) groups is 1. The van der Waals surface area contributed by atoms with E-state index >= 15 is 0 Å². The molecule has 1 N–H and O–H groups in total. The highest BCUT2D eigenvalue weighted by molar-refractivity contribution is 5.85. The zero-order valence-electron chi connectivity index (χ0n) is 17.8. The molecule has 0 saturated carbocycles. The van der Waals surface area contributed by atoms with E-state index in [1.165, 1.54) is 4.57 Å². The lowest BCUT2D eigenvalue weighted by Crippen LogP contribution is -2.32. The Morgan fingerprint density at radius 1 is 1.06 bits per heavy atom. The molecule has 158 valence electrons. The van der Waals surface area contributed by atoms with Crippen LogP contribution >= 0.6 is 0 Å². The van der Waals surface area contributed by atoms with E-state index in [0.717, 1.165) is 33.6 Å². The Balaban J connectivity index is 1.68. The number of aromatic nitrogens is 3. The molecule has 4 rings (SSSR count). The first-order valence-electron chi connectivity index (χ1n) is 10.0. The summed E-state index contributed by atoms with van der Waals surface area (Å²) in [6.45, 7) is 4.04. The molecule has 2 aromatic heterocycles. The number of para-hydroxylation sites is 1. The normalized spacial score (nSPS) is 10.9. The average Bonchev–Trinajstić information content (AvgIpc) is 3.13. The minimum absolute atomic E-state index is 0.0997. The molecular formula is C24H24N4O3. The maximum absolute atomic E-state index is 12.9. The molecule has 2 aromatic carbocycles. The molecule has 0 spiro atoms. The Bertz CT molecular complexity index is 1310. The van der Waals surface area contributed by atoms with Crippen molar-refractivity contribution in [3.8, 4) is 11.4 Å². The highest BCUT2D eigenvalue weighted by atomic mass is 16.5. The van der Waals surface area contributed by atoms with E-state index in [1.807, 2.05) is 68.4 Å². The molecule has 7 heteroatoms. The fourth-order valence-electron chi connectivity index (χ4n) is 3.75. The van der Waals surface area contributed by atoms with Crippen molar-refractivity contribution < 1.29 is 9.53 Å². The van der Waals surface area contributed by atoms with Gasteiger partial charge >= 0.3 is 0 Å². The number of hydrogen-bond donors (Lipinski definition) is 1. The van der Waals surface area contributed by atoms with E-state index in [2.05, 4.69) is 10.4 Å². The fourth-order valence-corrected chi connectivity index (χ4v) is 3.75. The number of carbonyl (C=O) groups excluding carboxylic acids is 1. The largest absolute Gasteiger partial charge is 0.497 e. The van der Waals surface area contributed by atoms with Crippen LogP contribution in [-0.2, 0) is 17.9 Å². The Morgan fingerprint density at radius 3 is 2.58 bits per heavy atom. The van der Waals surface area contributed by atoms with Crippen LogP contribution in [-0.4, -0.2) is 27.4 Å². The van der Waals surface area contributed by atoms with Gasteiger partial charge in [0, 0.05) is 18.0 Å². The van der Waals surface area contributed by atoms with Crippen LogP contribution in [0.1, 0.15) is 16.8 Å². The number of rotatable bonds is 6. The molecule has 2 heterocycles. The molecule has 0 aliphatic rings. The van der Waals surface area contributed by atoms with Gasteiger partial charge in [-0.3, -0.25) is 14.2 Å². The van der Waals surface area contributed by atoms with Gasteiger partial charge in [0.1, 0.15) is 17.9 Å². The standard InChI is InChI=1S/C24H24N4O3/c1-16-12-22(30)27(15-21(29)25-14-18-8-7-11-20(13-18)31-3)24-23(16)17(2)26-28(24)19-9-5-4-6-10-19/h4-13H,14-15H2,1-3H3,(H,25,29). The molecule has 0 fully saturated rings. The zero-order chi connectivity index (χ0) is 22.0. The summed E-state index contributed by atoms with van der Waals surface area (Å²) in [6, 6.07) is 18.6. The van der Waals surface area contributed by atoms with Crippen LogP contribution < -0.4 is 15.6 Å². The molecule has 0 unspecified atom stereocenters. The zero-order valence-corrected chi connectivity index (χ0v) is 17.8. The summed E-state index contributed by atoms with van der Waals surface area (Å²) in [5, 5.41) is 8.42. The van der Waals surface area contributed by atoms with Crippen LogP contribution in [0, 0.1) is 13.8 Å². The van der Waals surface area contributed by atoms with Crippen molar-refractivity contribution in [3.63, 3.8) is 0 Å². The lowest BCUT2D eigenvalue weighted by molar-refractivity contribution is -0.121. The van der Waals surface area contributed by atoms with Crippen molar-refractivity contribution in [2.45, 2.75) is 26.9 Å². The average molecular weight is 416 g/mol. The molecule has 1 amide bonds. The van der Waals surface area contributed by atoms with Crippen molar-refractivity contribution in [1.29, 1.82) is 0 Å². The van der Waals surface area contributed by atoms with Gasteiger partial charge in [0.15, 0.2) is 0 Å². The van der Waals surface area contributed by atoms with E-state index < -0.39 is 0 Å².